The zero-order chi connectivity index (χ0) is 16.1. The Bertz CT molecular complexity index is 907. The fourth-order valence-electron chi connectivity index (χ4n) is 3.68. The van der Waals surface area contributed by atoms with Crippen molar-refractivity contribution in [3.05, 3.63) is 59.7 Å². The first-order valence-corrected chi connectivity index (χ1v) is 8.09. The van der Waals surface area contributed by atoms with Crippen LogP contribution in [0.1, 0.15) is 11.1 Å². The fourth-order valence-corrected chi connectivity index (χ4v) is 3.68. The average Bonchev–Trinajstić information content (AvgIpc) is 2.54. The van der Waals surface area contributed by atoms with Gasteiger partial charge in [0.2, 0.25) is 0 Å². The van der Waals surface area contributed by atoms with Gasteiger partial charge in [-0.3, -0.25) is 0 Å². The van der Waals surface area contributed by atoms with E-state index in [0.717, 1.165) is 6.42 Å². The van der Waals surface area contributed by atoms with Crippen molar-refractivity contribution < 1.29 is 0 Å². The maximum absolute atomic E-state index is 2.33. The van der Waals surface area contributed by atoms with Crippen molar-refractivity contribution in [2.45, 2.75) is 6.42 Å². The van der Waals surface area contributed by atoms with Gasteiger partial charge in [0.1, 0.15) is 0 Å². The summed E-state index contributed by atoms with van der Waals surface area (Å²) in [6, 6.07) is 18.1. The van der Waals surface area contributed by atoms with E-state index < -0.39 is 0 Å². The van der Waals surface area contributed by atoms with Crippen molar-refractivity contribution in [2.75, 3.05) is 38.0 Å². The van der Waals surface area contributed by atoms with Crippen LogP contribution in [0.5, 0.6) is 0 Å². The standard InChI is InChI=1S/C21H22N2/c1-22(2)16-10-8-14-12-15-9-11-20(23(3)4)18-7-5-6-17(21(15)18)19(14)13-16/h5-11,13H,12H2,1-4H3. The molecule has 0 atom stereocenters. The molecular weight excluding hydrogens is 280 g/mol. The summed E-state index contributed by atoms with van der Waals surface area (Å²) in [6.07, 6.45) is 1.02. The highest BCUT2D eigenvalue weighted by Gasteiger charge is 2.20. The van der Waals surface area contributed by atoms with Crippen molar-refractivity contribution in [3.8, 4) is 11.1 Å². The third kappa shape index (κ3) is 2.09. The minimum atomic E-state index is 1.02. The summed E-state index contributed by atoms with van der Waals surface area (Å²) in [5.41, 5.74) is 8.15. The molecule has 0 amide bonds. The van der Waals surface area contributed by atoms with E-state index >= 15 is 0 Å². The lowest BCUT2D eigenvalue weighted by atomic mass is 9.83. The van der Waals surface area contributed by atoms with Crippen molar-refractivity contribution in [2.24, 2.45) is 0 Å². The minimum absolute atomic E-state index is 1.02. The van der Waals surface area contributed by atoms with Crippen LogP contribution in [0.2, 0.25) is 0 Å². The molecule has 0 saturated heterocycles. The van der Waals surface area contributed by atoms with Crippen molar-refractivity contribution in [3.63, 3.8) is 0 Å². The second-order valence-electron chi connectivity index (χ2n) is 6.78. The van der Waals surface area contributed by atoms with E-state index in [1.165, 1.54) is 44.4 Å². The maximum Gasteiger partial charge on any atom is 0.0441 e. The van der Waals surface area contributed by atoms with Crippen LogP contribution in [0.15, 0.2) is 48.5 Å². The van der Waals surface area contributed by atoms with Crippen LogP contribution in [0.3, 0.4) is 0 Å². The first-order chi connectivity index (χ1) is 11.1. The fraction of sp³-hybridized carbons (Fsp3) is 0.238. The number of rotatable bonds is 2. The molecule has 0 spiro atoms. The molecule has 23 heavy (non-hydrogen) atoms. The van der Waals surface area contributed by atoms with Gasteiger partial charge in [-0.15, -0.1) is 0 Å². The van der Waals surface area contributed by atoms with Gasteiger partial charge in [0.05, 0.1) is 0 Å². The van der Waals surface area contributed by atoms with Crippen LogP contribution in [-0.4, -0.2) is 28.2 Å². The molecular formula is C21H22N2. The molecule has 2 nitrogen and oxygen atoms in total. The van der Waals surface area contributed by atoms with Gasteiger partial charge in [-0.05, 0) is 52.3 Å². The Labute approximate surface area is 138 Å². The molecule has 116 valence electrons. The first kappa shape index (κ1) is 14.1. The summed E-state index contributed by atoms with van der Waals surface area (Å²) < 4.78 is 0. The Morgan fingerprint density at radius 2 is 1.52 bits per heavy atom. The van der Waals surface area contributed by atoms with Crippen LogP contribution in [-0.2, 0) is 6.42 Å². The molecule has 0 bridgehead atoms. The van der Waals surface area contributed by atoms with Crippen molar-refractivity contribution in [1.29, 1.82) is 0 Å². The topological polar surface area (TPSA) is 6.48 Å². The van der Waals surface area contributed by atoms with E-state index in [0.29, 0.717) is 0 Å². The third-order valence-corrected chi connectivity index (χ3v) is 4.87. The predicted octanol–water partition coefficient (Wildman–Crippen LogP) is 4.54. The van der Waals surface area contributed by atoms with Crippen LogP contribution in [0.25, 0.3) is 21.9 Å². The molecule has 4 rings (SSSR count). The van der Waals surface area contributed by atoms with E-state index in [1.54, 1.807) is 0 Å². The Hall–Kier alpha value is -2.48. The van der Waals surface area contributed by atoms with Crippen LogP contribution < -0.4 is 9.80 Å². The van der Waals surface area contributed by atoms with Gasteiger partial charge in [-0.25, -0.2) is 0 Å². The summed E-state index contributed by atoms with van der Waals surface area (Å²) >= 11 is 0. The van der Waals surface area contributed by atoms with Gasteiger partial charge >= 0.3 is 0 Å². The van der Waals surface area contributed by atoms with Gasteiger partial charge in [0.25, 0.3) is 0 Å². The van der Waals surface area contributed by atoms with Gasteiger partial charge in [0.15, 0.2) is 0 Å². The van der Waals surface area contributed by atoms with E-state index in [4.69, 9.17) is 0 Å². The molecule has 0 aliphatic heterocycles. The van der Waals surface area contributed by atoms with E-state index in [9.17, 15) is 0 Å². The van der Waals surface area contributed by atoms with Crippen molar-refractivity contribution in [1.82, 2.24) is 0 Å². The Morgan fingerprint density at radius 3 is 2.26 bits per heavy atom. The summed E-state index contributed by atoms with van der Waals surface area (Å²) in [6.45, 7) is 0. The monoisotopic (exact) mass is 302 g/mol. The highest BCUT2D eigenvalue weighted by molar-refractivity contribution is 6.07. The van der Waals surface area contributed by atoms with Crippen LogP contribution in [0.4, 0.5) is 11.4 Å². The summed E-state index contributed by atoms with van der Waals surface area (Å²) in [7, 11) is 8.43. The Morgan fingerprint density at radius 1 is 0.739 bits per heavy atom. The first-order valence-electron chi connectivity index (χ1n) is 8.09. The third-order valence-electron chi connectivity index (χ3n) is 4.87. The minimum Gasteiger partial charge on any atom is -0.378 e. The SMILES string of the molecule is CN(C)c1ccc2c(c1)-c1cccc3c(N(C)C)ccc(c13)C2. The molecule has 0 fully saturated rings. The Kier molecular flexibility index (Phi) is 3.08. The molecule has 1 aliphatic rings. The summed E-state index contributed by atoms with van der Waals surface area (Å²) in [4.78, 5) is 4.38. The molecule has 3 aromatic carbocycles. The van der Waals surface area contributed by atoms with Crippen LogP contribution >= 0.6 is 0 Å². The van der Waals surface area contributed by atoms with Gasteiger partial charge in [-0.1, -0.05) is 30.3 Å². The molecule has 0 saturated carbocycles. The molecule has 3 aromatic rings. The normalized spacial score (nSPS) is 12.2. The molecule has 0 heterocycles. The number of anilines is 2. The number of hydrogen-bond donors (Lipinski definition) is 0. The zero-order valence-electron chi connectivity index (χ0n) is 14.2. The largest absolute Gasteiger partial charge is 0.378 e. The molecule has 0 radical (unpaired) electrons. The average molecular weight is 302 g/mol. The number of hydrogen-bond acceptors (Lipinski definition) is 2. The van der Waals surface area contributed by atoms with Gasteiger partial charge in [-0.2, -0.15) is 0 Å². The molecule has 0 aromatic heterocycles. The Balaban J connectivity index is 2.05. The van der Waals surface area contributed by atoms with Crippen molar-refractivity contribution >= 4 is 22.1 Å². The molecule has 0 N–H and O–H groups in total. The number of fused-ring (bicyclic) bond motifs is 2. The lowest BCUT2D eigenvalue weighted by Gasteiger charge is -2.25. The van der Waals surface area contributed by atoms with Gasteiger partial charge in [0, 0.05) is 45.0 Å². The highest BCUT2D eigenvalue weighted by Crippen LogP contribution is 2.43. The van der Waals surface area contributed by atoms with Crippen LogP contribution in [0, 0.1) is 0 Å². The number of nitrogens with zero attached hydrogens (tertiary/aromatic N) is 2. The van der Waals surface area contributed by atoms with Gasteiger partial charge < -0.3 is 9.80 Å². The smallest absolute Gasteiger partial charge is 0.0441 e. The second-order valence-corrected chi connectivity index (χ2v) is 6.78. The van der Waals surface area contributed by atoms with E-state index in [1.807, 2.05) is 0 Å². The zero-order valence-corrected chi connectivity index (χ0v) is 14.2. The second kappa shape index (κ2) is 5.02. The lowest BCUT2D eigenvalue weighted by Crippen LogP contribution is -2.12. The number of benzene rings is 3. The lowest BCUT2D eigenvalue weighted by molar-refractivity contribution is 1.12. The molecule has 1 aliphatic carbocycles. The van der Waals surface area contributed by atoms with E-state index in [-0.39, 0.29) is 0 Å². The van der Waals surface area contributed by atoms with E-state index in [2.05, 4.69) is 86.5 Å². The predicted molar refractivity (Wildman–Crippen MR) is 101 cm³/mol. The highest BCUT2D eigenvalue weighted by atomic mass is 15.1. The summed E-state index contributed by atoms with van der Waals surface area (Å²) in [5, 5.41) is 2.77. The quantitative estimate of drug-likeness (QED) is 0.536. The molecule has 2 heteroatoms. The molecule has 0 unspecified atom stereocenters. The maximum atomic E-state index is 2.33. The summed E-state index contributed by atoms with van der Waals surface area (Å²) in [5.74, 6) is 0.